The van der Waals surface area contributed by atoms with Gasteiger partial charge in [-0.2, -0.15) is 0 Å². The Morgan fingerprint density at radius 2 is 2.11 bits per heavy atom. The fourth-order valence-corrected chi connectivity index (χ4v) is 0.379. The van der Waals surface area contributed by atoms with Gasteiger partial charge < -0.3 is 0 Å². The fraction of sp³-hybridized carbons (Fsp3) is 0.500. The number of nitrogens with zero attached hydrogens (tertiary/aromatic N) is 1. The molecule has 0 aliphatic rings. The highest BCUT2D eigenvalue weighted by atomic mass is 16.5. The van der Waals surface area contributed by atoms with Crippen LogP contribution in [0.25, 0.3) is 0 Å². The number of allylic oxidation sites excluding steroid dienone is 1. The first-order valence-corrected chi connectivity index (χ1v) is 2.69. The van der Waals surface area contributed by atoms with Crippen molar-refractivity contribution in [3.8, 4) is 0 Å². The van der Waals surface area contributed by atoms with Gasteiger partial charge in [-0.3, -0.25) is 10.0 Å². The van der Waals surface area contributed by atoms with Crippen molar-refractivity contribution >= 4 is 5.91 Å². The van der Waals surface area contributed by atoms with Gasteiger partial charge in [0.25, 0.3) is 5.91 Å². The second-order valence-electron chi connectivity index (χ2n) is 1.80. The SMILES string of the molecule is CC=C(C)C(=O)N(C)O. The van der Waals surface area contributed by atoms with Gasteiger partial charge in [-0.1, -0.05) is 6.08 Å². The van der Waals surface area contributed by atoms with Crippen LogP contribution < -0.4 is 0 Å². The van der Waals surface area contributed by atoms with Crippen molar-refractivity contribution < 1.29 is 10.0 Å². The molecule has 0 saturated heterocycles. The number of carbonyl (C=O) groups is 1. The van der Waals surface area contributed by atoms with Crippen LogP contribution in [-0.4, -0.2) is 23.2 Å². The second-order valence-corrected chi connectivity index (χ2v) is 1.80. The average molecular weight is 129 g/mol. The standard InChI is InChI=1S/C6H11NO2/c1-4-5(2)6(8)7(3)9/h4,9H,1-3H3. The van der Waals surface area contributed by atoms with E-state index < -0.39 is 0 Å². The molecule has 3 nitrogen and oxygen atoms in total. The number of hydroxylamine groups is 2. The molecule has 1 N–H and O–H groups in total. The van der Waals surface area contributed by atoms with Crippen molar-refractivity contribution in [1.82, 2.24) is 5.06 Å². The average Bonchev–Trinajstić information content (AvgIpc) is 1.84. The molecule has 1 amide bonds. The van der Waals surface area contributed by atoms with Crippen LogP contribution in [0.4, 0.5) is 0 Å². The van der Waals surface area contributed by atoms with E-state index in [1.807, 2.05) is 0 Å². The van der Waals surface area contributed by atoms with Crippen LogP contribution in [0.1, 0.15) is 13.8 Å². The molecule has 0 spiro atoms. The molecule has 0 aromatic carbocycles. The Morgan fingerprint density at radius 3 is 2.22 bits per heavy atom. The van der Waals surface area contributed by atoms with Crippen LogP contribution in [0.5, 0.6) is 0 Å². The lowest BCUT2D eigenvalue weighted by Crippen LogP contribution is -2.22. The number of amides is 1. The fourth-order valence-electron chi connectivity index (χ4n) is 0.379. The van der Waals surface area contributed by atoms with E-state index in [9.17, 15) is 4.79 Å². The first-order chi connectivity index (χ1) is 4.09. The van der Waals surface area contributed by atoms with Crippen LogP contribution >= 0.6 is 0 Å². The van der Waals surface area contributed by atoms with Crippen molar-refractivity contribution in [3.05, 3.63) is 11.6 Å². The molecular weight excluding hydrogens is 118 g/mol. The highest BCUT2D eigenvalue weighted by molar-refractivity contribution is 5.91. The van der Waals surface area contributed by atoms with E-state index in [0.717, 1.165) is 0 Å². The summed E-state index contributed by atoms with van der Waals surface area (Å²) in [6.07, 6.45) is 1.65. The summed E-state index contributed by atoms with van der Waals surface area (Å²) in [6.45, 7) is 3.39. The third kappa shape index (κ3) is 2.28. The maximum absolute atomic E-state index is 10.7. The molecule has 3 heteroatoms. The van der Waals surface area contributed by atoms with Crippen LogP contribution in [0, 0.1) is 0 Å². The number of hydrogen-bond acceptors (Lipinski definition) is 2. The van der Waals surface area contributed by atoms with E-state index >= 15 is 0 Å². The predicted octanol–water partition coefficient (Wildman–Crippen LogP) is 0.800. The summed E-state index contributed by atoms with van der Waals surface area (Å²) >= 11 is 0. The third-order valence-electron chi connectivity index (χ3n) is 1.06. The summed E-state index contributed by atoms with van der Waals surface area (Å²) in [4.78, 5) is 10.7. The van der Waals surface area contributed by atoms with Gasteiger partial charge in [-0.25, -0.2) is 5.06 Å². The summed E-state index contributed by atoms with van der Waals surface area (Å²) in [5, 5.41) is 9.13. The second kappa shape index (κ2) is 3.25. The van der Waals surface area contributed by atoms with Gasteiger partial charge in [0.15, 0.2) is 0 Å². The number of likely N-dealkylation sites (N-methyl/N-ethyl adjacent to an activating group) is 1. The Hall–Kier alpha value is -0.830. The Kier molecular flexibility index (Phi) is 2.95. The van der Waals surface area contributed by atoms with E-state index in [1.165, 1.54) is 7.05 Å². The lowest BCUT2D eigenvalue weighted by molar-refractivity contribution is -0.154. The summed E-state index contributed by atoms with van der Waals surface area (Å²) in [5.74, 6) is -0.363. The topological polar surface area (TPSA) is 40.5 Å². The molecule has 0 fully saturated rings. The Balaban J connectivity index is 4.06. The largest absolute Gasteiger partial charge is 0.286 e. The highest BCUT2D eigenvalue weighted by Gasteiger charge is 2.05. The van der Waals surface area contributed by atoms with Crippen molar-refractivity contribution in [3.63, 3.8) is 0 Å². The first-order valence-electron chi connectivity index (χ1n) is 2.69. The minimum Gasteiger partial charge on any atom is -0.286 e. The normalized spacial score (nSPS) is 11.3. The maximum atomic E-state index is 10.7. The predicted molar refractivity (Wildman–Crippen MR) is 34.0 cm³/mol. The van der Waals surface area contributed by atoms with Crippen molar-refractivity contribution in [1.29, 1.82) is 0 Å². The summed E-state index contributed by atoms with van der Waals surface area (Å²) < 4.78 is 0. The van der Waals surface area contributed by atoms with Gasteiger partial charge in [0, 0.05) is 12.6 Å². The number of hydrogen-bond donors (Lipinski definition) is 1. The van der Waals surface area contributed by atoms with Crippen LogP contribution in [0.15, 0.2) is 11.6 Å². The Bertz CT molecular complexity index is 138. The lowest BCUT2D eigenvalue weighted by atomic mass is 10.3. The van der Waals surface area contributed by atoms with Crippen molar-refractivity contribution in [2.75, 3.05) is 7.05 Å². The number of rotatable bonds is 1. The van der Waals surface area contributed by atoms with Gasteiger partial charge in [-0.15, -0.1) is 0 Å². The van der Waals surface area contributed by atoms with Gasteiger partial charge in [-0.05, 0) is 13.8 Å². The Morgan fingerprint density at radius 1 is 1.67 bits per heavy atom. The molecule has 0 bridgehead atoms. The summed E-state index contributed by atoms with van der Waals surface area (Å²) in [5.41, 5.74) is 0.542. The highest BCUT2D eigenvalue weighted by Crippen LogP contribution is 1.94. The molecule has 0 aromatic heterocycles. The lowest BCUT2D eigenvalue weighted by Gasteiger charge is -2.06. The molecule has 0 rings (SSSR count). The smallest absolute Gasteiger partial charge is 0.272 e. The molecule has 0 atom stereocenters. The molecule has 52 valence electrons. The monoisotopic (exact) mass is 129 g/mol. The van der Waals surface area contributed by atoms with E-state index in [1.54, 1.807) is 19.9 Å². The quantitative estimate of drug-likeness (QED) is 0.323. The van der Waals surface area contributed by atoms with Crippen LogP contribution in [-0.2, 0) is 4.79 Å². The van der Waals surface area contributed by atoms with Crippen LogP contribution in [0.2, 0.25) is 0 Å². The van der Waals surface area contributed by atoms with E-state index in [2.05, 4.69) is 0 Å². The van der Waals surface area contributed by atoms with E-state index in [0.29, 0.717) is 10.6 Å². The minimum atomic E-state index is -0.363. The molecule has 0 radical (unpaired) electrons. The molecular formula is C6H11NO2. The molecule has 0 heterocycles. The van der Waals surface area contributed by atoms with Gasteiger partial charge >= 0.3 is 0 Å². The van der Waals surface area contributed by atoms with E-state index in [-0.39, 0.29) is 5.91 Å². The molecule has 0 aromatic rings. The Labute approximate surface area is 54.5 Å². The summed E-state index contributed by atoms with van der Waals surface area (Å²) in [6, 6.07) is 0. The number of carbonyl (C=O) groups excluding carboxylic acids is 1. The van der Waals surface area contributed by atoms with Crippen molar-refractivity contribution in [2.45, 2.75) is 13.8 Å². The van der Waals surface area contributed by atoms with Crippen molar-refractivity contribution in [2.24, 2.45) is 0 Å². The maximum Gasteiger partial charge on any atom is 0.272 e. The zero-order valence-electron chi connectivity index (χ0n) is 5.88. The first kappa shape index (κ1) is 8.17. The van der Waals surface area contributed by atoms with Crippen LogP contribution in [0.3, 0.4) is 0 Å². The van der Waals surface area contributed by atoms with Gasteiger partial charge in [0.05, 0.1) is 0 Å². The third-order valence-corrected chi connectivity index (χ3v) is 1.06. The summed E-state index contributed by atoms with van der Waals surface area (Å²) in [7, 11) is 1.30. The molecule has 0 aliphatic carbocycles. The molecule has 0 aliphatic heterocycles. The molecule has 0 saturated carbocycles. The zero-order chi connectivity index (χ0) is 7.44. The molecule has 0 unspecified atom stereocenters. The van der Waals surface area contributed by atoms with E-state index in [4.69, 9.17) is 5.21 Å². The van der Waals surface area contributed by atoms with Gasteiger partial charge in [0.1, 0.15) is 0 Å². The zero-order valence-corrected chi connectivity index (χ0v) is 5.88. The molecule has 9 heavy (non-hydrogen) atoms. The van der Waals surface area contributed by atoms with Gasteiger partial charge in [0.2, 0.25) is 0 Å². The minimum absolute atomic E-state index is 0.363.